The number of ether oxygens (including phenoxy) is 1. The van der Waals surface area contributed by atoms with Crippen LogP contribution < -0.4 is 5.32 Å². The van der Waals surface area contributed by atoms with Crippen LogP contribution in [-0.4, -0.2) is 19.0 Å². The molecule has 2 aromatic rings. The molecule has 0 saturated heterocycles. The Hall–Kier alpha value is -1.37. The molecule has 1 N–H and O–H groups in total. The molecule has 0 radical (unpaired) electrons. The molecular weight excluding hydrogens is 426 g/mol. The van der Waals surface area contributed by atoms with E-state index in [-0.39, 0.29) is 5.91 Å². The maximum atomic E-state index is 12.7. The van der Waals surface area contributed by atoms with Crippen molar-refractivity contribution in [2.45, 2.75) is 26.2 Å². The Morgan fingerprint density at radius 1 is 1.40 bits per heavy atom. The molecule has 1 aromatic carbocycles. The van der Waals surface area contributed by atoms with Crippen molar-refractivity contribution in [2.24, 2.45) is 5.92 Å². The highest BCUT2D eigenvalue weighted by molar-refractivity contribution is 9.10. The molecule has 0 saturated carbocycles. The van der Waals surface area contributed by atoms with E-state index in [1.54, 1.807) is 18.2 Å². The average Bonchev–Trinajstić information content (AvgIpc) is 2.93. The fraction of sp³-hybridized carbons (Fsp3) is 0.333. The van der Waals surface area contributed by atoms with Gasteiger partial charge in [-0.2, -0.15) is 0 Å². The highest BCUT2D eigenvalue weighted by atomic mass is 79.9. The molecule has 1 amide bonds. The van der Waals surface area contributed by atoms with Gasteiger partial charge in [-0.3, -0.25) is 4.79 Å². The number of carbonyl (C=O) groups is 2. The average molecular weight is 443 g/mol. The van der Waals surface area contributed by atoms with Crippen LogP contribution >= 0.6 is 38.9 Å². The predicted molar refractivity (Wildman–Crippen MR) is 104 cm³/mol. The first kappa shape index (κ1) is 18.4. The van der Waals surface area contributed by atoms with Gasteiger partial charge in [0.1, 0.15) is 5.00 Å². The van der Waals surface area contributed by atoms with Crippen molar-refractivity contribution in [1.82, 2.24) is 0 Å². The zero-order chi connectivity index (χ0) is 18.1. The van der Waals surface area contributed by atoms with Gasteiger partial charge < -0.3 is 10.1 Å². The maximum absolute atomic E-state index is 12.7. The van der Waals surface area contributed by atoms with Gasteiger partial charge in [-0.25, -0.2) is 4.79 Å². The first-order chi connectivity index (χ1) is 11.9. The van der Waals surface area contributed by atoms with Crippen LogP contribution in [0.2, 0.25) is 5.02 Å². The van der Waals surface area contributed by atoms with Crippen LogP contribution in [0.1, 0.15) is 44.5 Å². The molecule has 25 heavy (non-hydrogen) atoms. The van der Waals surface area contributed by atoms with Crippen LogP contribution in [0.5, 0.6) is 0 Å². The first-order valence-corrected chi connectivity index (χ1v) is 9.88. The van der Waals surface area contributed by atoms with E-state index in [1.807, 2.05) is 0 Å². The number of amides is 1. The molecule has 132 valence electrons. The molecule has 1 heterocycles. The van der Waals surface area contributed by atoms with Crippen molar-refractivity contribution in [2.75, 3.05) is 12.4 Å². The fourth-order valence-electron chi connectivity index (χ4n) is 3.00. The summed E-state index contributed by atoms with van der Waals surface area (Å²) in [5.74, 6) is -0.189. The molecule has 4 nitrogen and oxygen atoms in total. The van der Waals surface area contributed by atoms with Crippen molar-refractivity contribution in [3.05, 3.63) is 49.3 Å². The first-order valence-electron chi connectivity index (χ1n) is 7.90. The summed E-state index contributed by atoms with van der Waals surface area (Å²) in [5, 5.41) is 3.75. The summed E-state index contributed by atoms with van der Waals surface area (Å²) in [7, 11) is 1.36. The van der Waals surface area contributed by atoms with E-state index in [0.717, 1.165) is 34.2 Å². The summed E-state index contributed by atoms with van der Waals surface area (Å²) < 4.78 is 5.70. The Morgan fingerprint density at radius 2 is 2.16 bits per heavy atom. The topological polar surface area (TPSA) is 55.4 Å². The quantitative estimate of drug-likeness (QED) is 0.654. The van der Waals surface area contributed by atoms with Crippen molar-refractivity contribution in [3.63, 3.8) is 0 Å². The summed E-state index contributed by atoms with van der Waals surface area (Å²) in [6.07, 6.45) is 2.76. The lowest BCUT2D eigenvalue weighted by atomic mass is 9.88. The maximum Gasteiger partial charge on any atom is 0.341 e. The van der Waals surface area contributed by atoms with Crippen molar-refractivity contribution in [3.8, 4) is 0 Å². The minimum atomic E-state index is -0.414. The standard InChI is InChI=1S/C18H17BrClNO3S/c1-9-3-5-11-14(7-9)25-17(15(11)18(23)24-2)21-16(22)12-8-10(19)4-6-13(12)20/h4,6,8-9H,3,5,7H2,1-2H3,(H,21,22)/t9-/m0/s1. The third-order valence-corrected chi connectivity index (χ3v) is 6.29. The number of hydrogen-bond acceptors (Lipinski definition) is 4. The van der Waals surface area contributed by atoms with Gasteiger partial charge in [0.05, 0.1) is 23.3 Å². The Labute approximate surface area is 163 Å². The number of nitrogens with one attached hydrogen (secondary N) is 1. The summed E-state index contributed by atoms with van der Waals surface area (Å²) in [6.45, 7) is 2.19. The highest BCUT2D eigenvalue weighted by Gasteiger charge is 2.29. The largest absolute Gasteiger partial charge is 0.465 e. The van der Waals surface area contributed by atoms with Gasteiger partial charge in [0.15, 0.2) is 0 Å². The Morgan fingerprint density at radius 3 is 2.88 bits per heavy atom. The number of anilines is 1. The van der Waals surface area contributed by atoms with Crippen LogP contribution in [0.15, 0.2) is 22.7 Å². The van der Waals surface area contributed by atoms with Gasteiger partial charge in [0.25, 0.3) is 5.91 Å². The number of benzene rings is 1. The Kier molecular flexibility index (Phi) is 5.51. The summed E-state index contributed by atoms with van der Waals surface area (Å²) in [4.78, 5) is 26.1. The minimum Gasteiger partial charge on any atom is -0.465 e. The SMILES string of the molecule is COC(=O)c1c(NC(=O)c2cc(Br)ccc2Cl)sc2c1CC[C@H](C)C2. The summed E-state index contributed by atoms with van der Waals surface area (Å²) in [5.41, 5.74) is 1.84. The number of esters is 1. The van der Waals surface area contributed by atoms with E-state index < -0.39 is 5.97 Å². The zero-order valence-electron chi connectivity index (χ0n) is 13.8. The van der Waals surface area contributed by atoms with Gasteiger partial charge in [-0.1, -0.05) is 34.5 Å². The highest BCUT2D eigenvalue weighted by Crippen LogP contribution is 2.40. The lowest BCUT2D eigenvalue weighted by Crippen LogP contribution is -2.16. The number of halogens is 2. The fourth-order valence-corrected chi connectivity index (χ4v) is 4.96. The van der Waals surface area contributed by atoms with E-state index in [0.29, 0.717) is 27.1 Å². The molecule has 0 spiro atoms. The molecular formula is C18H17BrClNO3S. The van der Waals surface area contributed by atoms with Gasteiger partial charge in [-0.05, 0) is 48.9 Å². The van der Waals surface area contributed by atoms with E-state index in [1.165, 1.54) is 18.4 Å². The summed E-state index contributed by atoms with van der Waals surface area (Å²) >= 11 is 10.9. The van der Waals surface area contributed by atoms with Crippen LogP contribution in [0.3, 0.4) is 0 Å². The number of carbonyl (C=O) groups excluding carboxylic acids is 2. The van der Waals surface area contributed by atoms with Crippen LogP contribution in [0, 0.1) is 5.92 Å². The smallest absolute Gasteiger partial charge is 0.341 e. The third-order valence-electron chi connectivity index (χ3n) is 4.30. The molecule has 1 aromatic heterocycles. The van der Waals surface area contributed by atoms with Crippen molar-refractivity contribution >= 4 is 55.7 Å². The van der Waals surface area contributed by atoms with E-state index >= 15 is 0 Å². The van der Waals surface area contributed by atoms with Gasteiger partial charge in [-0.15, -0.1) is 11.3 Å². The molecule has 1 aliphatic carbocycles. The second kappa shape index (κ2) is 7.48. The number of methoxy groups -OCH3 is 1. The van der Waals surface area contributed by atoms with Gasteiger partial charge >= 0.3 is 5.97 Å². The lowest BCUT2D eigenvalue weighted by molar-refractivity contribution is 0.0601. The van der Waals surface area contributed by atoms with Crippen LogP contribution in [0.4, 0.5) is 5.00 Å². The monoisotopic (exact) mass is 441 g/mol. The number of fused-ring (bicyclic) bond motifs is 1. The summed E-state index contributed by atoms with van der Waals surface area (Å²) in [6, 6.07) is 5.08. The van der Waals surface area contributed by atoms with Crippen LogP contribution in [-0.2, 0) is 17.6 Å². The third kappa shape index (κ3) is 3.76. The van der Waals surface area contributed by atoms with Crippen molar-refractivity contribution in [1.29, 1.82) is 0 Å². The van der Waals surface area contributed by atoms with Gasteiger partial charge in [0, 0.05) is 9.35 Å². The molecule has 7 heteroatoms. The lowest BCUT2D eigenvalue weighted by Gasteiger charge is -2.18. The molecule has 0 bridgehead atoms. The number of rotatable bonds is 3. The van der Waals surface area contributed by atoms with E-state index in [2.05, 4.69) is 28.2 Å². The zero-order valence-corrected chi connectivity index (χ0v) is 17.0. The molecule has 0 unspecified atom stereocenters. The molecule has 0 fully saturated rings. The van der Waals surface area contributed by atoms with E-state index in [4.69, 9.17) is 16.3 Å². The van der Waals surface area contributed by atoms with Crippen LogP contribution in [0.25, 0.3) is 0 Å². The molecule has 3 rings (SSSR count). The molecule has 1 aliphatic rings. The second-order valence-electron chi connectivity index (χ2n) is 6.13. The predicted octanol–water partition coefficient (Wildman–Crippen LogP) is 5.33. The Balaban J connectivity index is 1.98. The molecule has 1 atom stereocenters. The minimum absolute atomic E-state index is 0.344. The van der Waals surface area contributed by atoms with Gasteiger partial charge in [0.2, 0.25) is 0 Å². The number of hydrogen-bond donors (Lipinski definition) is 1. The second-order valence-corrected chi connectivity index (χ2v) is 8.55. The molecule has 0 aliphatic heterocycles. The Bertz CT molecular complexity index is 849. The van der Waals surface area contributed by atoms with E-state index in [9.17, 15) is 9.59 Å². The van der Waals surface area contributed by atoms with Crippen molar-refractivity contribution < 1.29 is 14.3 Å². The number of thiophene rings is 1. The normalized spacial score (nSPS) is 16.2.